The van der Waals surface area contributed by atoms with Gasteiger partial charge in [-0.1, -0.05) is 49.3 Å². The van der Waals surface area contributed by atoms with Crippen molar-refractivity contribution < 1.29 is 18.9 Å². The van der Waals surface area contributed by atoms with Crippen molar-refractivity contribution in [3.63, 3.8) is 0 Å². The lowest BCUT2D eigenvalue weighted by molar-refractivity contribution is 0.0852. The SMILES string of the molecule is CCCCCOc1ccc(/C=c2\sc3nc([C@@H]4COc5ccccc5O4)nn3c2=O)cc1OC. The Kier molecular flexibility index (Phi) is 6.35. The minimum atomic E-state index is -0.469. The van der Waals surface area contributed by atoms with Crippen LogP contribution in [0.3, 0.4) is 0 Å². The summed E-state index contributed by atoms with van der Waals surface area (Å²) >= 11 is 1.28. The Balaban J connectivity index is 1.37. The number of thiazole rings is 1. The zero-order valence-electron chi connectivity index (χ0n) is 19.0. The Hall–Kier alpha value is -3.59. The van der Waals surface area contributed by atoms with Crippen LogP contribution in [-0.2, 0) is 0 Å². The van der Waals surface area contributed by atoms with E-state index >= 15 is 0 Å². The van der Waals surface area contributed by atoms with Crippen LogP contribution < -0.4 is 29.0 Å². The van der Waals surface area contributed by atoms with Gasteiger partial charge in [0.25, 0.3) is 5.56 Å². The van der Waals surface area contributed by atoms with Crippen LogP contribution in [0.15, 0.2) is 47.3 Å². The quantitative estimate of drug-likeness (QED) is 0.356. The lowest BCUT2D eigenvalue weighted by Crippen LogP contribution is -2.26. The van der Waals surface area contributed by atoms with Crippen molar-refractivity contribution in [1.82, 2.24) is 14.6 Å². The standard InChI is InChI=1S/C25H25N3O5S/c1-3-4-7-12-31-18-11-10-16(13-20(18)30-2)14-22-24(29)28-25(34-22)26-23(27-28)21-15-32-17-8-5-6-9-19(17)33-21/h5-6,8-11,13-14,21H,3-4,7,12,15H2,1-2H3/b22-14-/t21-/m0/s1. The zero-order chi connectivity index (χ0) is 23.5. The number of unbranched alkanes of at least 4 members (excludes halogenated alkanes) is 2. The van der Waals surface area contributed by atoms with Crippen molar-refractivity contribution in [3.05, 3.63) is 68.7 Å². The van der Waals surface area contributed by atoms with Crippen LogP contribution in [-0.4, -0.2) is 34.9 Å². The van der Waals surface area contributed by atoms with Crippen molar-refractivity contribution in [1.29, 1.82) is 0 Å². The van der Waals surface area contributed by atoms with Gasteiger partial charge in [0.05, 0.1) is 18.2 Å². The van der Waals surface area contributed by atoms with E-state index in [1.807, 2.05) is 48.5 Å². The van der Waals surface area contributed by atoms with Crippen molar-refractivity contribution >= 4 is 22.4 Å². The van der Waals surface area contributed by atoms with Gasteiger partial charge in [-0.05, 0) is 42.3 Å². The topological polar surface area (TPSA) is 84.2 Å². The number of benzene rings is 2. The number of aromatic nitrogens is 3. The number of para-hydroxylation sites is 2. The Morgan fingerprint density at radius 1 is 1.18 bits per heavy atom. The molecule has 0 radical (unpaired) electrons. The Labute approximate surface area is 200 Å². The van der Waals surface area contributed by atoms with E-state index in [0.29, 0.717) is 44.9 Å². The first kappa shape index (κ1) is 22.2. The number of ether oxygens (including phenoxy) is 4. The summed E-state index contributed by atoms with van der Waals surface area (Å²) in [4.78, 5) is 18.0. The number of fused-ring (bicyclic) bond motifs is 2. The van der Waals surface area contributed by atoms with Crippen molar-refractivity contribution in [3.8, 4) is 23.0 Å². The van der Waals surface area contributed by atoms with E-state index in [0.717, 1.165) is 24.8 Å². The van der Waals surface area contributed by atoms with Gasteiger partial charge in [-0.3, -0.25) is 4.79 Å². The van der Waals surface area contributed by atoms with Gasteiger partial charge in [-0.25, -0.2) is 0 Å². The van der Waals surface area contributed by atoms with Crippen molar-refractivity contribution in [2.24, 2.45) is 0 Å². The molecule has 0 spiro atoms. The summed E-state index contributed by atoms with van der Waals surface area (Å²) in [6.07, 6.45) is 4.61. The van der Waals surface area contributed by atoms with E-state index in [-0.39, 0.29) is 12.2 Å². The molecule has 0 fully saturated rings. The summed E-state index contributed by atoms with van der Waals surface area (Å²) in [5, 5.41) is 4.40. The van der Waals surface area contributed by atoms with E-state index in [2.05, 4.69) is 17.0 Å². The first-order chi connectivity index (χ1) is 16.7. The van der Waals surface area contributed by atoms with Crippen LogP contribution in [0.4, 0.5) is 0 Å². The molecule has 34 heavy (non-hydrogen) atoms. The highest BCUT2D eigenvalue weighted by molar-refractivity contribution is 7.15. The second-order valence-electron chi connectivity index (χ2n) is 7.91. The Morgan fingerprint density at radius 2 is 2.03 bits per heavy atom. The van der Waals surface area contributed by atoms with E-state index in [1.165, 1.54) is 15.9 Å². The van der Waals surface area contributed by atoms with E-state index in [1.54, 1.807) is 7.11 Å². The summed E-state index contributed by atoms with van der Waals surface area (Å²) in [5.74, 6) is 3.08. The van der Waals surface area contributed by atoms with E-state index in [9.17, 15) is 4.79 Å². The van der Waals surface area contributed by atoms with Gasteiger partial charge in [-0.2, -0.15) is 9.50 Å². The highest BCUT2D eigenvalue weighted by atomic mass is 32.1. The third-order valence-electron chi connectivity index (χ3n) is 5.49. The normalized spacial score (nSPS) is 15.6. The fourth-order valence-electron chi connectivity index (χ4n) is 3.71. The van der Waals surface area contributed by atoms with E-state index < -0.39 is 6.10 Å². The fourth-order valence-corrected chi connectivity index (χ4v) is 4.63. The highest BCUT2D eigenvalue weighted by Crippen LogP contribution is 2.35. The molecule has 1 atom stereocenters. The summed E-state index contributed by atoms with van der Waals surface area (Å²) in [6.45, 7) is 3.09. The maximum atomic E-state index is 13.0. The average Bonchev–Trinajstić information content (AvgIpc) is 3.41. The van der Waals surface area contributed by atoms with Crippen LogP contribution in [0.1, 0.15) is 43.7 Å². The number of hydrogen-bond acceptors (Lipinski definition) is 8. The monoisotopic (exact) mass is 479 g/mol. The van der Waals surface area contributed by atoms with Crippen LogP contribution in [0.2, 0.25) is 0 Å². The molecule has 0 aliphatic carbocycles. The molecule has 1 aliphatic rings. The summed E-state index contributed by atoms with van der Waals surface area (Å²) in [6, 6.07) is 13.1. The van der Waals surface area contributed by atoms with Crippen molar-refractivity contribution in [2.45, 2.75) is 32.3 Å². The van der Waals surface area contributed by atoms with Gasteiger partial charge in [0.1, 0.15) is 6.61 Å². The highest BCUT2D eigenvalue weighted by Gasteiger charge is 2.27. The van der Waals surface area contributed by atoms with Gasteiger partial charge in [0, 0.05) is 0 Å². The molecule has 0 unspecified atom stereocenters. The second kappa shape index (κ2) is 9.72. The molecular formula is C25H25N3O5S. The number of rotatable bonds is 8. The second-order valence-corrected chi connectivity index (χ2v) is 8.92. The third kappa shape index (κ3) is 4.43. The van der Waals surface area contributed by atoms with E-state index in [4.69, 9.17) is 18.9 Å². The Morgan fingerprint density at radius 3 is 2.82 bits per heavy atom. The molecule has 5 rings (SSSR count). The lowest BCUT2D eigenvalue weighted by atomic mass is 10.2. The zero-order valence-corrected chi connectivity index (χ0v) is 19.8. The summed E-state index contributed by atoms with van der Waals surface area (Å²) in [5.41, 5.74) is 0.606. The smallest absolute Gasteiger partial charge is 0.291 e. The largest absolute Gasteiger partial charge is 0.493 e. The van der Waals surface area contributed by atoms with Gasteiger partial charge in [0.2, 0.25) is 4.96 Å². The maximum absolute atomic E-state index is 13.0. The average molecular weight is 480 g/mol. The molecule has 0 bridgehead atoms. The Bertz CT molecular complexity index is 1410. The fraction of sp³-hybridized carbons (Fsp3) is 0.320. The molecule has 0 saturated carbocycles. The van der Waals surface area contributed by atoms with Gasteiger partial charge in [0.15, 0.2) is 34.9 Å². The molecule has 4 aromatic rings. The molecule has 0 amide bonds. The van der Waals surface area contributed by atoms with Crippen LogP contribution in [0, 0.1) is 0 Å². The van der Waals surface area contributed by atoms with Gasteiger partial charge < -0.3 is 18.9 Å². The molecule has 3 heterocycles. The predicted octanol–water partition coefficient (Wildman–Crippen LogP) is 3.79. The molecule has 2 aromatic heterocycles. The third-order valence-corrected chi connectivity index (χ3v) is 6.44. The molecule has 9 heteroatoms. The summed E-state index contributed by atoms with van der Waals surface area (Å²) in [7, 11) is 1.61. The number of nitrogens with zero attached hydrogens (tertiary/aromatic N) is 3. The summed E-state index contributed by atoms with van der Waals surface area (Å²) < 4.78 is 24.9. The molecule has 176 valence electrons. The van der Waals surface area contributed by atoms with Gasteiger partial charge >= 0.3 is 0 Å². The first-order valence-corrected chi connectivity index (χ1v) is 12.1. The van der Waals surface area contributed by atoms with Crippen LogP contribution in [0.5, 0.6) is 23.0 Å². The molecule has 1 aliphatic heterocycles. The number of hydrogen-bond donors (Lipinski definition) is 0. The predicted molar refractivity (Wildman–Crippen MR) is 129 cm³/mol. The van der Waals surface area contributed by atoms with Crippen molar-refractivity contribution in [2.75, 3.05) is 20.3 Å². The minimum Gasteiger partial charge on any atom is -0.493 e. The molecule has 0 saturated heterocycles. The number of methoxy groups -OCH3 is 1. The molecule has 0 N–H and O–H groups in total. The molecular weight excluding hydrogens is 454 g/mol. The molecule has 2 aromatic carbocycles. The first-order valence-electron chi connectivity index (χ1n) is 11.3. The molecule has 8 nitrogen and oxygen atoms in total. The van der Waals surface area contributed by atoms with Gasteiger partial charge in [-0.15, -0.1) is 5.10 Å². The lowest BCUT2D eigenvalue weighted by Gasteiger charge is -2.24. The minimum absolute atomic E-state index is 0.227. The van der Waals surface area contributed by atoms with Crippen LogP contribution in [0.25, 0.3) is 11.0 Å². The maximum Gasteiger partial charge on any atom is 0.291 e. The van der Waals surface area contributed by atoms with Crippen LogP contribution >= 0.6 is 11.3 Å².